The summed E-state index contributed by atoms with van der Waals surface area (Å²) in [6, 6.07) is 10.8. The van der Waals surface area contributed by atoms with Gasteiger partial charge in [-0.2, -0.15) is 0 Å². The Balaban J connectivity index is 2.90. The number of hydrogen-bond acceptors (Lipinski definition) is 3. The van der Waals surface area contributed by atoms with Crippen molar-refractivity contribution in [3.63, 3.8) is 0 Å². The van der Waals surface area contributed by atoms with Crippen LogP contribution in [0.4, 0.5) is 0 Å². The predicted molar refractivity (Wildman–Crippen MR) is 88.5 cm³/mol. The summed E-state index contributed by atoms with van der Waals surface area (Å²) in [6.07, 6.45) is 1.34. The summed E-state index contributed by atoms with van der Waals surface area (Å²) in [4.78, 5) is 0. The van der Waals surface area contributed by atoms with Gasteiger partial charge in [0.15, 0.2) is 0 Å². The number of ether oxygens (including phenoxy) is 2. The summed E-state index contributed by atoms with van der Waals surface area (Å²) < 4.78 is 11.5. The lowest BCUT2D eigenvalue weighted by Gasteiger charge is -2.33. The highest BCUT2D eigenvalue weighted by molar-refractivity contribution is 5.20. The molecule has 3 unspecified atom stereocenters. The van der Waals surface area contributed by atoms with Crippen molar-refractivity contribution >= 4 is 0 Å². The average Bonchev–Trinajstić information content (AvgIpc) is 2.47. The van der Waals surface area contributed by atoms with Gasteiger partial charge in [-0.1, -0.05) is 51.1 Å². The number of methoxy groups -OCH3 is 1. The Morgan fingerprint density at radius 2 is 1.76 bits per heavy atom. The van der Waals surface area contributed by atoms with Crippen molar-refractivity contribution in [2.45, 2.75) is 52.4 Å². The molecule has 3 nitrogen and oxygen atoms in total. The first kappa shape index (κ1) is 18.1. The Kier molecular flexibility index (Phi) is 8.58. The topological polar surface area (TPSA) is 30.5 Å². The van der Waals surface area contributed by atoms with Crippen LogP contribution in [0.5, 0.6) is 0 Å². The van der Waals surface area contributed by atoms with Crippen LogP contribution in [-0.4, -0.2) is 32.5 Å². The monoisotopic (exact) mass is 293 g/mol. The Bertz CT molecular complexity index is 367. The normalized spacial score (nSPS) is 15.9. The molecule has 0 aliphatic rings. The molecule has 120 valence electrons. The van der Waals surface area contributed by atoms with E-state index >= 15 is 0 Å². The molecule has 0 fully saturated rings. The maximum absolute atomic E-state index is 6.28. The molecule has 0 radical (unpaired) electrons. The van der Waals surface area contributed by atoms with Gasteiger partial charge in [-0.3, -0.25) is 0 Å². The number of nitrogens with one attached hydrogen (secondary N) is 1. The van der Waals surface area contributed by atoms with Gasteiger partial charge in [0.05, 0.1) is 24.9 Å². The highest BCUT2D eigenvalue weighted by Crippen LogP contribution is 2.26. The molecule has 0 amide bonds. The van der Waals surface area contributed by atoms with E-state index in [2.05, 4.69) is 63.3 Å². The highest BCUT2D eigenvalue weighted by atomic mass is 16.5. The lowest BCUT2D eigenvalue weighted by atomic mass is 9.93. The zero-order chi connectivity index (χ0) is 15.7. The quantitative estimate of drug-likeness (QED) is 0.711. The molecular weight excluding hydrogens is 262 g/mol. The minimum absolute atomic E-state index is 0.0945. The SMILES string of the molecule is CCCNC(c1ccccc1)C(OC(C)COC)C(C)C. The van der Waals surface area contributed by atoms with Gasteiger partial charge in [0.25, 0.3) is 0 Å². The van der Waals surface area contributed by atoms with Crippen LogP contribution in [0.2, 0.25) is 0 Å². The fourth-order valence-electron chi connectivity index (χ4n) is 2.55. The van der Waals surface area contributed by atoms with Crippen LogP contribution < -0.4 is 5.32 Å². The first-order valence-corrected chi connectivity index (χ1v) is 8.02. The second-order valence-corrected chi connectivity index (χ2v) is 5.95. The number of hydrogen-bond donors (Lipinski definition) is 1. The fraction of sp³-hybridized carbons (Fsp3) is 0.667. The van der Waals surface area contributed by atoms with Crippen molar-refractivity contribution in [1.82, 2.24) is 5.32 Å². The van der Waals surface area contributed by atoms with Crippen LogP contribution in [0, 0.1) is 5.92 Å². The van der Waals surface area contributed by atoms with Gasteiger partial charge in [-0.05, 0) is 31.4 Å². The fourth-order valence-corrected chi connectivity index (χ4v) is 2.55. The Morgan fingerprint density at radius 1 is 1.10 bits per heavy atom. The lowest BCUT2D eigenvalue weighted by molar-refractivity contribution is -0.0730. The summed E-state index contributed by atoms with van der Waals surface area (Å²) in [5, 5.41) is 3.65. The van der Waals surface area contributed by atoms with Gasteiger partial charge < -0.3 is 14.8 Å². The summed E-state index contributed by atoms with van der Waals surface area (Å²) in [5.74, 6) is 0.430. The van der Waals surface area contributed by atoms with Crippen molar-refractivity contribution in [2.75, 3.05) is 20.3 Å². The van der Waals surface area contributed by atoms with Gasteiger partial charge in [0.1, 0.15) is 0 Å². The summed E-state index contributed by atoms with van der Waals surface area (Å²) in [7, 11) is 1.72. The Labute approximate surface area is 130 Å². The van der Waals surface area contributed by atoms with Gasteiger partial charge >= 0.3 is 0 Å². The van der Waals surface area contributed by atoms with E-state index in [1.165, 1.54) is 5.56 Å². The second kappa shape index (κ2) is 9.93. The molecule has 1 N–H and O–H groups in total. The third-order valence-electron chi connectivity index (χ3n) is 3.55. The largest absolute Gasteiger partial charge is 0.382 e. The minimum Gasteiger partial charge on any atom is -0.382 e. The van der Waals surface area contributed by atoms with Crippen LogP contribution in [0.15, 0.2) is 30.3 Å². The minimum atomic E-state index is 0.0945. The zero-order valence-electron chi connectivity index (χ0n) is 14.1. The number of benzene rings is 1. The molecule has 21 heavy (non-hydrogen) atoms. The van der Waals surface area contributed by atoms with Crippen LogP contribution >= 0.6 is 0 Å². The van der Waals surface area contributed by atoms with Crippen molar-refractivity contribution in [1.29, 1.82) is 0 Å². The Hall–Kier alpha value is -0.900. The molecule has 1 rings (SSSR count). The van der Waals surface area contributed by atoms with Crippen molar-refractivity contribution in [2.24, 2.45) is 5.92 Å². The van der Waals surface area contributed by atoms with Crippen molar-refractivity contribution < 1.29 is 9.47 Å². The molecule has 0 saturated carbocycles. The maximum atomic E-state index is 6.28. The van der Waals surface area contributed by atoms with Crippen molar-refractivity contribution in [3.8, 4) is 0 Å². The van der Waals surface area contributed by atoms with Gasteiger partial charge in [0.2, 0.25) is 0 Å². The van der Waals surface area contributed by atoms with Crippen LogP contribution in [0.1, 0.15) is 45.7 Å². The Morgan fingerprint density at radius 3 is 2.29 bits per heavy atom. The zero-order valence-corrected chi connectivity index (χ0v) is 14.1. The number of rotatable bonds is 10. The van der Waals surface area contributed by atoms with Crippen molar-refractivity contribution in [3.05, 3.63) is 35.9 Å². The van der Waals surface area contributed by atoms with E-state index in [-0.39, 0.29) is 18.2 Å². The van der Waals surface area contributed by atoms with E-state index < -0.39 is 0 Å². The first-order valence-electron chi connectivity index (χ1n) is 8.02. The molecule has 0 aliphatic heterocycles. The maximum Gasteiger partial charge on any atom is 0.0797 e. The third-order valence-corrected chi connectivity index (χ3v) is 3.55. The van der Waals surface area contributed by atoms with Gasteiger partial charge in [0, 0.05) is 7.11 Å². The molecule has 0 aromatic heterocycles. The van der Waals surface area contributed by atoms with Crippen LogP contribution in [-0.2, 0) is 9.47 Å². The van der Waals surface area contributed by atoms with Crippen LogP contribution in [0.25, 0.3) is 0 Å². The van der Waals surface area contributed by atoms with Gasteiger partial charge in [-0.15, -0.1) is 0 Å². The van der Waals surface area contributed by atoms with Gasteiger partial charge in [-0.25, -0.2) is 0 Å². The predicted octanol–water partition coefficient (Wildman–Crippen LogP) is 3.80. The molecule has 0 saturated heterocycles. The molecule has 1 aromatic rings. The van der Waals surface area contributed by atoms with E-state index in [9.17, 15) is 0 Å². The molecule has 0 bridgehead atoms. The standard InChI is InChI=1S/C18H31NO2/c1-6-12-19-17(16-10-8-7-9-11-16)18(14(2)3)21-15(4)13-20-5/h7-11,14-15,17-19H,6,12-13H2,1-5H3. The second-order valence-electron chi connectivity index (χ2n) is 5.95. The van der Waals surface area contributed by atoms with Crippen LogP contribution in [0.3, 0.4) is 0 Å². The molecule has 0 spiro atoms. The third kappa shape index (κ3) is 6.16. The smallest absolute Gasteiger partial charge is 0.0797 e. The summed E-state index contributed by atoms with van der Waals surface area (Å²) in [6.45, 7) is 10.3. The molecular formula is C18H31NO2. The van der Waals surface area contributed by atoms with E-state index in [0.29, 0.717) is 12.5 Å². The van der Waals surface area contributed by atoms with E-state index in [1.54, 1.807) is 7.11 Å². The summed E-state index contributed by atoms with van der Waals surface area (Å²) >= 11 is 0. The highest BCUT2D eigenvalue weighted by Gasteiger charge is 2.27. The first-order chi connectivity index (χ1) is 10.1. The van der Waals surface area contributed by atoms with E-state index in [0.717, 1.165) is 13.0 Å². The average molecular weight is 293 g/mol. The molecule has 0 heterocycles. The molecule has 1 aromatic carbocycles. The lowest BCUT2D eigenvalue weighted by Crippen LogP contribution is -2.40. The molecule has 3 heteroatoms. The van der Waals surface area contributed by atoms with E-state index in [1.807, 2.05) is 0 Å². The molecule has 0 aliphatic carbocycles. The summed E-state index contributed by atoms with van der Waals surface area (Å²) in [5.41, 5.74) is 1.29. The van der Waals surface area contributed by atoms with E-state index in [4.69, 9.17) is 9.47 Å². The molecule has 3 atom stereocenters.